The molecule has 1 aliphatic heterocycles. The number of aryl methyl sites for hydroxylation is 2. The van der Waals surface area contributed by atoms with E-state index >= 15 is 0 Å². The zero-order valence-corrected chi connectivity index (χ0v) is 19.7. The average molecular weight is 457 g/mol. The molecule has 1 N–H and O–H groups in total. The van der Waals surface area contributed by atoms with Crippen molar-refractivity contribution in [1.82, 2.24) is 9.88 Å². The Morgan fingerprint density at radius 1 is 1.38 bits per heavy atom. The van der Waals surface area contributed by atoms with Gasteiger partial charge in [0, 0.05) is 40.9 Å². The molecule has 0 bridgehead atoms. The van der Waals surface area contributed by atoms with Crippen LogP contribution in [0.4, 0.5) is 4.39 Å². The number of pyridine rings is 1. The van der Waals surface area contributed by atoms with Crippen molar-refractivity contribution in [2.45, 2.75) is 45.6 Å². The van der Waals surface area contributed by atoms with Crippen molar-refractivity contribution in [2.75, 3.05) is 13.1 Å². The van der Waals surface area contributed by atoms with Gasteiger partial charge in [0.15, 0.2) is 5.13 Å². The molecule has 2 aromatic heterocycles. The van der Waals surface area contributed by atoms with Crippen LogP contribution >= 0.6 is 11.3 Å². The third kappa shape index (κ3) is 8.19. The molecule has 0 aliphatic carbocycles. The molecule has 3 rings (SSSR count). The van der Waals surface area contributed by atoms with Crippen LogP contribution in [0.1, 0.15) is 42.8 Å². The molecule has 1 fully saturated rings. The number of rotatable bonds is 6. The van der Waals surface area contributed by atoms with Crippen LogP contribution in [-0.4, -0.2) is 29.4 Å². The van der Waals surface area contributed by atoms with Gasteiger partial charge in [0.1, 0.15) is 0 Å². The van der Waals surface area contributed by atoms with Crippen LogP contribution < -0.4 is 0 Å². The van der Waals surface area contributed by atoms with Crippen LogP contribution in [0.5, 0.6) is 0 Å². The topological polar surface area (TPSA) is 66.2 Å². The predicted octanol–water partition coefficient (Wildman–Crippen LogP) is 5.31. The molecule has 0 unspecified atom stereocenters. The van der Waals surface area contributed by atoms with Crippen molar-refractivity contribution in [2.24, 2.45) is 0 Å². The van der Waals surface area contributed by atoms with E-state index in [4.69, 9.17) is 10.7 Å². The van der Waals surface area contributed by atoms with Crippen LogP contribution in [0.15, 0.2) is 30.5 Å². The number of carbonyl (C=O) groups is 1. The maximum Gasteiger partial charge on any atom is 0.277 e. The van der Waals surface area contributed by atoms with Crippen LogP contribution in [0, 0.1) is 25.4 Å². The summed E-state index contributed by atoms with van der Waals surface area (Å²) in [5.74, 6) is 7.16. The van der Waals surface area contributed by atoms with Crippen molar-refractivity contribution in [1.29, 1.82) is 0 Å². The van der Waals surface area contributed by atoms with Gasteiger partial charge in [-0.05, 0) is 57.5 Å². The fourth-order valence-electron chi connectivity index (χ4n) is 3.20. The minimum atomic E-state index is -0.0777. The molecule has 5 nitrogen and oxygen atoms in total. The molecule has 3 heterocycles. The van der Waals surface area contributed by atoms with Gasteiger partial charge in [-0.2, -0.15) is 17.2 Å². The maximum absolute atomic E-state index is 13.1. The summed E-state index contributed by atoms with van der Waals surface area (Å²) >= 11 is 1.27. The third-order valence-corrected chi connectivity index (χ3v) is 5.89. The Hall–Kier alpha value is -1.25. The Balaban J connectivity index is 0.00000120. The number of nitrogens with one attached hydrogen (secondary N) is 1. The molecule has 0 spiro atoms. The van der Waals surface area contributed by atoms with Crippen molar-refractivity contribution < 1.29 is 32.6 Å². The first-order valence-corrected chi connectivity index (χ1v) is 9.70. The largest absolute Gasteiger partial charge is 0.566 e. The van der Waals surface area contributed by atoms with Crippen molar-refractivity contribution in [3.05, 3.63) is 71.0 Å². The Bertz CT molecular complexity index is 725. The van der Waals surface area contributed by atoms with Crippen LogP contribution in [-0.2, 0) is 40.1 Å². The summed E-state index contributed by atoms with van der Waals surface area (Å²) in [6, 6.07) is 7.76. The van der Waals surface area contributed by atoms with Crippen molar-refractivity contribution >= 4 is 17.8 Å². The molecule has 0 amide bonds. The van der Waals surface area contributed by atoms with Crippen molar-refractivity contribution in [3.63, 3.8) is 0 Å². The average Bonchev–Trinajstić information content (AvgIpc) is 3.30. The Kier molecular flexibility index (Phi) is 12.6. The maximum atomic E-state index is 13.1. The number of carbonyl (C=O) groups excluding carboxylic acids is 1. The van der Waals surface area contributed by atoms with E-state index < -0.39 is 0 Å². The molecule has 1 saturated heterocycles. The van der Waals surface area contributed by atoms with E-state index in [2.05, 4.69) is 40.7 Å². The molecular weight excluding hydrogens is 428 g/mol. The number of hydrogen-bond acceptors (Lipinski definition) is 5. The minimum absolute atomic E-state index is 0. The van der Waals surface area contributed by atoms with Crippen molar-refractivity contribution in [3.8, 4) is 0 Å². The molecule has 29 heavy (non-hydrogen) atoms. The second-order valence-corrected chi connectivity index (χ2v) is 8.21. The second kappa shape index (κ2) is 13.1. The molecule has 1 aliphatic rings. The summed E-state index contributed by atoms with van der Waals surface area (Å²) in [7, 11) is 0. The quantitative estimate of drug-likeness (QED) is 0.335. The monoisotopic (exact) mass is 457 g/mol. The first-order chi connectivity index (χ1) is 12.9. The van der Waals surface area contributed by atoms with Gasteiger partial charge in [0.25, 0.3) is 6.47 Å². The van der Waals surface area contributed by atoms with Gasteiger partial charge in [0.2, 0.25) is 0 Å². The molecule has 0 saturated carbocycles. The SMILES string of the molecule is Cc1ccc(C(C)(C)N2CC[C-](CCc3ccc(F)s3)C2)cn1.[CH3-].[NH-]OC=O.[V]. The summed E-state index contributed by atoms with van der Waals surface area (Å²) in [6.45, 7) is 8.74. The Labute approximate surface area is 189 Å². The second-order valence-electron chi connectivity index (χ2n) is 7.09. The minimum Gasteiger partial charge on any atom is -0.566 e. The fraction of sp³-hybridized carbons (Fsp3) is 0.429. The molecular formula is C21H29FN3O2SV-3. The zero-order chi connectivity index (χ0) is 19.9. The Morgan fingerprint density at radius 3 is 2.59 bits per heavy atom. The standard InChI is InChI=1S/C19H24FN2S.CH2NO2.CH3.V/c1-14-4-6-16(12-21-14)19(2,3)22-11-10-15(13-22)5-7-17-8-9-18(20)23-17;2-4-1-3;;/h4,6,8-9,12H,5,7,10-11,13H2,1-3H3;1-2H;1H3;/q3*-1;. The number of likely N-dealkylation sites (tertiary alicyclic amines) is 1. The number of aromatic nitrogens is 1. The molecule has 1 radical (unpaired) electrons. The molecule has 0 atom stereocenters. The number of halogens is 1. The predicted molar refractivity (Wildman–Crippen MR) is 112 cm³/mol. The smallest absolute Gasteiger partial charge is 0.277 e. The molecule has 0 aromatic carbocycles. The van der Waals surface area contributed by atoms with Crippen LogP contribution in [0.2, 0.25) is 0 Å². The van der Waals surface area contributed by atoms with Crippen LogP contribution in [0.25, 0.3) is 5.90 Å². The van der Waals surface area contributed by atoms with Gasteiger partial charge in [-0.3, -0.25) is 15.7 Å². The zero-order valence-electron chi connectivity index (χ0n) is 17.4. The van der Waals surface area contributed by atoms with Gasteiger partial charge >= 0.3 is 0 Å². The summed E-state index contributed by atoms with van der Waals surface area (Å²) < 4.78 is 13.1. The molecule has 161 valence electrons. The van der Waals surface area contributed by atoms with Gasteiger partial charge in [-0.15, -0.1) is 17.9 Å². The summed E-state index contributed by atoms with van der Waals surface area (Å²) in [5.41, 5.74) is 2.32. The van der Waals surface area contributed by atoms with E-state index in [1.165, 1.54) is 16.9 Å². The normalized spacial score (nSPS) is 14.2. The molecule has 8 heteroatoms. The summed E-state index contributed by atoms with van der Waals surface area (Å²) in [5, 5.41) is -0.0777. The first kappa shape index (κ1) is 27.8. The van der Waals surface area contributed by atoms with Gasteiger partial charge in [-0.1, -0.05) is 6.07 Å². The summed E-state index contributed by atoms with van der Waals surface area (Å²) in [6.07, 6.45) is 5.18. The van der Waals surface area contributed by atoms with Gasteiger partial charge < -0.3 is 23.1 Å². The Morgan fingerprint density at radius 2 is 2.07 bits per heavy atom. The number of nitrogens with zero attached hydrogens (tertiary/aromatic N) is 2. The summed E-state index contributed by atoms with van der Waals surface area (Å²) in [4.78, 5) is 20.0. The van der Waals surface area contributed by atoms with E-state index in [0.29, 0.717) is 0 Å². The van der Waals surface area contributed by atoms with E-state index in [0.717, 1.165) is 42.9 Å². The van der Waals surface area contributed by atoms with E-state index in [-0.39, 0.29) is 43.1 Å². The van der Waals surface area contributed by atoms with E-state index in [1.54, 1.807) is 12.0 Å². The van der Waals surface area contributed by atoms with Gasteiger partial charge in [-0.25, -0.2) is 0 Å². The van der Waals surface area contributed by atoms with E-state index in [9.17, 15) is 4.39 Å². The van der Waals surface area contributed by atoms with Gasteiger partial charge in [0.05, 0.1) is 0 Å². The first-order valence-electron chi connectivity index (χ1n) is 8.88. The number of hydrogen-bond donors (Lipinski definition) is 0. The number of thiophene rings is 1. The fourth-order valence-corrected chi connectivity index (χ4v) is 3.93. The molecule has 2 aromatic rings. The van der Waals surface area contributed by atoms with Crippen LogP contribution in [0.3, 0.4) is 0 Å². The third-order valence-electron chi connectivity index (χ3n) is 4.96. The van der Waals surface area contributed by atoms with E-state index in [1.807, 2.05) is 19.2 Å².